The molecule has 2 aromatic carbocycles. The molecule has 1 aromatic heterocycles. The van der Waals surface area contributed by atoms with Crippen molar-refractivity contribution in [3.63, 3.8) is 0 Å². The van der Waals surface area contributed by atoms with Gasteiger partial charge in [0.1, 0.15) is 0 Å². The lowest BCUT2D eigenvalue weighted by molar-refractivity contribution is -0.118. The maximum absolute atomic E-state index is 12.6. The van der Waals surface area contributed by atoms with Gasteiger partial charge in [-0.3, -0.25) is 9.69 Å². The van der Waals surface area contributed by atoms with Crippen LogP contribution in [0.2, 0.25) is 0 Å². The van der Waals surface area contributed by atoms with Crippen LogP contribution in [0.5, 0.6) is 0 Å². The van der Waals surface area contributed by atoms with Gasteiger partial charge in [-0.2, -0.15) is 0 Å². The Labute approximate surface area is 193 Å². The average Bonchev–Trinajstić information content (AvgIpc) is 3.26. The molecule has 168 valence electrons. The summed E-state index contributed by atoms with van der Waals surface area (Å²) >= 11 is 1.42. The maximum Gasteiger partial charge on any atom is 0.230 e. The third-order valence-corrected chi connectivity index (χ3v) is 6.46. The van der Waals surface area contributed by atoms with Crippen molar-refractivity contribution >= 4 is 17.7 Å². The SMILES string of the molecule is CCn1c(SCC(=O)NCc2ccccc2CN2CCOCC2)nnc1-c1ccccc1. The lowest BCUT2D eigenvalue weighted by Crippen LogP contribution is -2.36. The van der Waals surface area contributed by atoms with E-state index in [1.807, 2.05) is 41.0 Å². The molecular formula is C24H29N5O2S. The van der Waals surface area contributed by atoms with Gasteiger partial charge in [0.2, 0.25) is 5.91 Å². The van der Waals surface area contributed by atoms with Crippen LogP contribution in [0.3, 0.4) is 0 Å². The van der Waals surface area contributed by atoms with Gasteiger partial charge in [0.05, 0.1) is 19.0 Å². The molecule has 1 saturated heterocycles. The van der Waals surface area contributed by atoms with Gasteiger partial charge in [-0.15, -0.1) is 10.2 Å². The minimum absolute atomic E-state index is 0.0110. The zero-order valence-electron chi connectivity index (χ0n) is 18.4. The fraction of sp³-hybridized carbons (Fsp3) is 0.375. The first-order valence-electron chi connectivity index (χ1n) is 11.0. The van der Waals surface area contributed by atoms with Crippen molar-refractivity contribution in [2.75, 3.05) is 32.1 Å². The van der Waals surface area contributed by atoms with Gasteiger partial charge in [0.15, 0.2) is 11.0 Å². The molecule has 0 atom stereocenters. The normalized spacial score (nSPS) is 14.4. The van der Waals surface area contributed by atoms with Crippen molar-refractivity contribution in [3.8, 4) is 11.4 Å². The number of nitrogens with zero attached hydrogens (tertiary/aromatic N) is 4. The van der Waals surface area contributed by atoms with Crippen LogP contribution in [0, 0.1) is 0 Å². The van der Waals surface area contributed by atoms with Crippen molar-refractivity contribution in [3.05, 3.63) is 65.7 Å². The molecule has 4 rings (SSSR count). The van der Waals surface area contributed by atoms with E-state index >= 15 is 0 Å². The van der Waals surface area contributed by atoms with Crippen LogP contribution in [0.1, 0.15) is 18.1 Å². The number of rotatable bonds is 9. The molecule has 0 spiro atoms. The standard InChI is InChI=1S/C24H29N5O2S/c1-2-29-23(19-8-4-3-5-9-19)26-27-24(29)32-18-22(30)25-16-20-10-6-7-11-21(20)17-28-12-14-31-15-13-28/h3-11H,2,12-18H2,1H3,(H,25,30). The molecule has 0 unspecified atom stereocenters. The quantitative estimate of drug-likeness (QED) is 0.504. The Kier molecular flexibility index (Phi) is 7.92. The Hall–Kier alpha value is -2.68. The minimum atomic E-state index is -0.0110. The van der Waals surface area contributed by atoms with Crippen molar-refractivity contribution in [2.24, 2.45) is 0 Å². The predicted octanol–water partition coefficient (Wildman–Crippen LogP) is 3.21. The fourth-order valence-electron chi connectivity index (χ4n) is 3.74. The third kappa shape index (κ3) is 5.76. The minimum Gasteiger partial charge on any atom is -0.379 e. The van der Waals surface area contributed by atoms with E-state index in [0.717, 1.165) is 61.5 Å². The number of ether oxygens (including phenoxy) is 1. The summed E-state index contributed by atoms with van der Waals surface area (Å²) in [5.41, 5.74) is 3.43. The molecule has 2 heterocycles. The van der Waals surface area contributed by atoms with Crippen LogP contribution >= 0.6 is 11.8 Å². The average molecular weight is 452 g/mol. The molecule has 0 aliphatic carbocycles. The van der Waals surface area contributed by atoms with Gasteiger partial charge < -0.3 is 14.6 Å². The molecule has 1 aliphatic rings. The van der Waals surface area contributed by atoms with Gasteiger partial charge in [-0.05, 0) is 18.1 Å². The van der Waals surface area contributed by atoms with Gasteiger partial charge >= 0.3 is 0 Å². The monoisotopic (exact) mass is 451 g/mol. The zero-order chi connectivity index (χ0) is 22.2. The second kappa shape index (κ2) is 11.3. The summed E-state index contributed by atoms with van der Waals surface area (Å²) in [6, 6.07) is 18.3. The number of morpholine rings is 1. The van der Waals surface area contributed by atoms with Gasteiger partial charge in [-0.25, -0.2) is 0 Å². The Morgan fingerprint density at radius 3 is 2.50 bits per heavy atom. The van der Waals surface area contributed by atoms with Crippen LogP contribution in [-0.2, 0) is 29.2 Å². The first-order chi connectivity index (χ1) is 15.7. The lowest BCUT2D eigenvalue weighted by atomic mass is 10.1. The summed E-state index contributed by atoms with van der Waals surface area (Å²) < 4.78 is 7.49. The molecule has 8 heteroatoms. The number of hydrogen-bond donors (Lipinski definition) is 1. The summed E-state index contributed by atoms with van der Waals surface area (Å²) in [4.78, 5) is 14.9. The molecule has 0 saturated carbocycles. The summed E-state index contributed by atoms with van der Waals surface area (Å²) in [5.74, 6) is 1.12. The van der Waals surface area contributed by atoms with E-state index in [0.29, 0.717) is 12.3 Å². The lowest BCUT2D eigenvalue weighted by Gasteiger charge is -2.27. The molecule has 1 fully saturated rings. The van der Waals surface area contributed by atoms with E-state index in [4.69, 9.17) is 4.74 Å². The second-order valence-electron chi connectivity index (χ2n) is 7.64. The zero-order valence-corrected chi connectivity index (χ0v) is 19.2. The summed E-state index contributed by atoms with van der Waals surface area (Å²) in [7, 11) is 0. The molecule has 32 heavy (non-hydrogen) atoms. The van der Waals surface area contributed by atoms with Crippen molar-refractivity contribution in [1.29, 1.82) is 0 Å². The van der Waals surface area contributed by atoms with Gasteiger partial charge in [-0.1, -0.05) is 66.4 Å². The van der Waals surface area contributed by atoms with Crippen molar-refractivity contribution in [1.82, 2.24) is 25.0 Å². The van der Waals surface area contributed by atoms with E-state index in [1.165, 1.54) is 17.3 Å². The van der Waals surface area contributed by atoms with E-state index in [2.05, 4.69) is 45.5 Å². The number of carbonyl (C=O) groups excluding carboxylic acids is 1. The highest BCUT2D eigenvalue weighted by molar-refractivity contribution is 7.99. The van der Waals surface area contributed by atoms with E-state index in [9.17, 15) is 4.79 Å². The highest BCUT2D eigenvalue weighted by Crippen LogP contribution is 2.23. The fourth-order valence-corrected chi connectivity index (χ4v) is 4.57. The van der Waals surface area contributed by atoms with Crippen LogP contribution in [-0.4, -0.2) is 57.6 Å². The molecule has 1 aliphatic heterocycles. The highest BCUT2D eigenvalue weighted by Gasteiger charge is 2.15. The Morgan fingerprint density at radius 1 is 1.03 bits per heavy atom. The molecule has 3 aromatic rings. The van der Waals surface area contributed by atoms with Crippen LogP contribution in [0.25, 0.3) is 11.4 Å². The first-order valence-corrected chi connectivity index (χ1v) is 12.0. The number of nitrogens with one attached hydrogen (secondary N) is 1. The predicted molar refractivity (Wildman–Crippen MR) is 126 cm³/mol. The Bertz CT molecular complexity index is 1020. The largest absolute Gasteiger partial charge is 0.379 e. The number of benzene rings is 2. The maximum atomic E-state index is 12.6. The molecule has 1 N–H and O–H groups in total. The molecule has 0 bridgehead atoms. The number of amides is 1. The topological polar surface area (TPSA) is 72.3 Å². The van der Waals surface area contributed by atoms with E-state index < -0.39 is 0 Å². The smallest absolute Gasteiger partial charge is 0.230 e. The molecule has 1 amide bonds. The Morgan fingerprint density at radius 2 is 1.75 bits per heavy atom. The number of carbonyl (C=O) groups is 1. The Balaban J connectivity index is 1.32. The summed E-state index contributed by atoms with van der Waals surface area (Å²) in [5, 5.41) is 12.5. The van der Waals surface area contributed by atoms with Crippen LogP contribution < -0.4 is 5.32 Å². The first kappa shape index (κ1) is 22.5. The molecule has 7 nitrogen and oxygen atoms in total. The number of hydrogen-bond acceptors (Lipinski definition) is 6. The summed E-state index contributed by atoms with van der Waals surface area (Å²) in [6.45, 7) is 7.67. The van der Waals surface area contributed by atoms with Crippen molar-refractivity contribution in [2.45, 2.75) is 31.7 Å². The highest BCUT2D eigenvalue weighted by atomic mass is 32.2. The molecular weight excluding hydrogens is 422 g/mol. The van der Waals surface area contributed by atoms with Gasteiger partial charge in [0.25, 0.3) is 0 Å². The van der Waals surface area contributed by atoms with Gasteiger partial charge in [0, 0.05) is 38.3 Å². The van der Waals surface area contributed by atoms with Crippen LogP contribution in [0.15, 0.2) is 59.8 Å². The summed E-state index contributed by atoms with van der Waals surface area (Å²) in [6.07, 6.45) is 0. The van der Waals surface area contributed by atoms with Crippen LogP contribution in [0.4, 0.5) is 0 Å². The van der Waals surface area contributed by atoms with E-state index in [1.54, 1.807) is 0 Å². The molecule has 0 radical (unpaired) electrons. The van der Waals surface area contributed by atoms with E-state index in [-0.39, 0.29) is 5.91 Å². The second-order valence-corrected chi connectivity index (χ2v) is 8.58. The third-order valence-electron chi connectivity index (χ3n) is 5.49. The number of aromatic nitrogens is 3. The van der Waals surface area contributed by atoms with Crippen molar-refractivity contribution < 1.29 is 9.53 Å². The number of thioether (sulfide) groups is 1.